The molecule has 1 rings (SSSR count). The maximum Gasteiger partial charge on any atom is 0.412 e. The minimum absolute atomic E-state index is 0.0900. The lowest BCUT2D eigenvalue weighted by molar-refractivity contribution is -0.124. The maximum absolute atomic E-state index is 11.6. The molecule has 1 aromatic rings. The summed E-state index contributed by atoms with van der Waals surface area (Å²) in [6.07, 6.45) is -0.217. The van der Waals surface area contributed by atoms with Crippen LogP contribution in [0.4, 0.5) is 10.5 Å². The third-order valence-electron chi connectivity index (χ3n) is 2.31. The Bertz CT molecular complexity index is 490. The van der Waals surface area contributed by atoms with Crippen molar-refractivity contribution in [3.8, 4) is 0 Å². The zero-order valence-electron chi connectivity index (χ0n) is 13.2. The van der Waals surface area contributed by atoms with E-state index in [-0.39, 0.29) is 12.3 Å². The number of hydrogen-bond donors (Lipinski definition) is 2. The molecule has 21 heavy (non-hydrogen) atoms. The SMILES string of the molecule is CN(C)NC(=O)Cc1ccc(NC(=O)OC(C)(C)C)cc1. The van der Waals surface area contributed by atoms with Crippen LogP contribution in [0.5, 0.6) is 0 Å². The Kier molecular flexibility index (Phi) is 5.72. The topological polar surface area (TPSA) is 70.7 Å². The summed E-state index contributed by atoms with van der Waals surface area (Å²) in [4.78, 5) is 23.2. The van der Waals surface area contributed by atoms with Gasteiger partial charge >= 0.3 is 6.09 Å². The first-order valence-electron chi connectivity index (χ1n) is 6.71. The fourth-order valence-corrected chi connectivity index (χ4v) is 1.60. The van der Waals surface area contributed by atoms with Crippen molar-refractivity contribution in [3.63, 3.8) is 0 Å². The highest BCUT2D eigenvalue weighted by Crippen LogP contribution is 2.13. The standard InChI is InChI=1S/C15H23N3O3/c1-15(2,3)21-14(20)16-12-8-6-11(7-9-12)10-13(19)17-18(4)5/h6-9H,10H2,1-5H3,(H,16,20)(H,17,19). The molecule has 0 aliphatic heterocycles. The van der Waals surface area contributed by atoms with E-state index < -0.39 is 11.7 Å². The molecule has 6 nitrogen and oxygen atoms in total. The zero-order valence-corrected chi connectivity index (χ0v) is 13.2. The monoisotopic (exact) mass is 293 g/mol. The molecule has 0 aliphatic carbocycles. The Balaban J connectivity index is 2.54. The van der Waals surface area contributed by atoms with Gasteiger partial charge in [-0.1, -0.05) is 12.1 Å². The number of hydrazine groups is 1. The molecule has 0 saturated heterocycles. The van der Waals surface area contributed by atoms with Crippen molar-refractivity contribution in [2.75, 3.05) is 19.4 Å². The number of hydrogen-bond acceptors (Lipinski definition) is 4. The molecule has 0 aliphatic rings. The van der Waals surface area contributed by atoms with E-state index in [1.165, 1.54) is 0 Å². The zero-order chi connectivity index (χ0) is 16.0. The van der Waals surface area contributed by atoms with Gasteiger partial charge in [0, 0.05) is 19.8 Å². The van der Waals surface area contributed by atoms with E-state index in [0.717, 1.165) is 5.56 Å². The van der Waals surface area contributed by atoms with Gasteiger partial charge in [0.15, 0.2) is 0 Å². The first kappa shape index (κ1) is 17.0. The van der Waals surface area contributed by atoms with Crippen LogP contribution in [0.3, 0.4) is 0 Å². The van der Waals surface area contributed by atoms with Gasteiger partial charge in [-0.2, -0.15) is 0 Å². The Hall–Kier alpha value is -2.08. The smallest absolute Gasteiger partial charge is 0.412 e. The third-order valence-corrected chi connectivity index (χ3v) is 2.31. The van der Waals surface area contributed by atoms with Crippen molar-refractivity contribution in [2.24, 2.45) is 0 Å². The quantitative estimate of drug-likeness (QED) is 0.835. The second-order valence-electron chi connectivity index (χ2n) is 5.93. The Labute approximate surface area is 125 Å². The molecule has 2 N–H and O–H groups in total. The molecular weight excluding hydrogens is 270 g/mol. The second kappa shape index (κ2) is 7.08. The second-order valence-corrected chi connectivity index (χ2v) is 5.93. The van der Waals surface area contributed by atoms with Crippen LogP contribution in [0.1, 0.15) is 26.3 Å². The summed E-state index contributed by atoms with van der Waals surface area (Å²) in [6, 6.07) is 7.06. The Morgan fingerprint density at radius 3 is 2.19 bits per heavy atom. The number of rotatable bonds is 4. The molecule has 6 heteroatoms. The van der Waals surface area contributed by atoms with Crippen molar-refractivity contribution < 1.29 is 14.3 Å². The van der Waals surface area contributed by atoms with E-state index in [9.17, 15) is 9.59 Å². The van der Waals surface area contributed by atoms with E-state index >= 15 is 0 Å². The van der Waals surface area contributed by atoms with Gasteiger partial charge in [0.05, 0.1) is 6.42 Å². The van der Waals surface area contributed by atoms with Crippen LogP contribution in [0.2, 0.25) is 0 Å². The highest BCUT2D eigenvalue weighted by molar-refractivity contribution is 5.85. The number of nitrogens with zero attached hydrogens (tertiary/aromatic N) is 1. The predicted molar refractivity (Wildman–Crippen MR) is 81.8 cm³/mol. The average molecular weight is 293 g/mol. The van der Waals surface area contributed by atoms with Gasteiger partial charge in [0.25, 0.3) is 0 Å². The number of benzene rings is 1. The third kappa shape index (κ3) is 7.31. The van der Waals surface area contributed by atoms with E-state index in [1.807, 2.05) is 0 Å². The van der Waals surface area contributed by atoms with Crippen LogP contribution in [-0.2, 0) is 16.0 Å². The van der Waals surface area contributed by atoms with Crippen molar-refractivity contribution in [1.29, 1.82) is 0 Å². The molecule has 0 fully saturated rings. The molecule has 0 atom stereocenters. The Morgan fingerprint density at radius 1 is 1.14 bits per heavy atom. The Morgan fingerprint density at radius 2 is 1.71 bits per heavy atom. The molecule has 0 heterocycles. The van der Waals surface area contributed by atoms with Crippen molar-refractivity contribution in [3.05, 3.63) is 29.8 Å². The molecule has 1 aromatic carbocycles. The molecule has 0 unspecified atom stereocenters. The van der Waals surface area contributed by atoms with Crippen LogP contribution in [-0.4, -0.2) is 36.7 Å². The average Bonchev–Trinajstić information content (AvgIpc) is 2.27. The van der Waals surface area contributed by atoms with Gasteiger partial charge in [0.1, 0.15) is 5.60 Å². The molecule has 2 amide bonds. The number of carbonyl (C=O) groups is 2. The highest BCUT2D eigenvalue weighted by Gasteiger charge is 2.16. The fourth-order valence-electron chi connectivity index (χ4n) is 1.60. The van der Waals surface area contributed by atoms with Gasteiger partial charge in [-0.05, 0) is 38.5 Å². The molecule has 116 valence electrons. The van der Waals surface area contributed by atoms with E-state index in [0.29, 0.717) is 5.69 Å². The normalized spacial score (nSPS) is 11.1. The van der Waals surface area contributed by atoms with Crippen LogP contribution in [0.25, 0.3) is 0 Å². The number of anilines is 1. The van der Waals surface area contributed by atoms with Crippen LogP contribution >= 0.6 is 0 Å². The van der Waals surface area contributed by atoms with Crippen molar-refractivity contribution in [1.82, 2.24) is 10.4 Å². The van der Waals surface area contributed by atoms with Crippen molar-refractivity contribution in [2.45, 2.75) is 32.8 Å². The highest BCUT2D eigenvalue weighted by atomic mass is 16.6. The number of carbonyl (C=O) groups excluding carboxylic acids is 2. The number of nitrogens with one attached hydrogen (secondary N) is 2. The minimum atomic E-state index is -0.533. The molecule has 0 bridgehead atoms. The lowest BCUT2D eigenvalue weighted by Gasteiger charge is -2.19. The lowest BCUT2D eigenvalue weighted by atomic mass is 10.1. The first-order valence-corrected chi connectivity index (χ1v) is 6.71. The predicted octanol–water partition coefficient (Wildman–Crippen LogP) is 2.17. The minimum Gasteiger partial charge on any atom is -0.444 e. The maximum atomic E-state index is 11.6. The summed E-state index contributed by atoms with van der Waals surface area (Å²) in [7, 11) is 3.51. The van der Waals surface area contributed by atoms with Gasteiger partial charge in [0.2, 0.25) is 5.91 Å². The van der Waals surface area contributed by atoms with Gasteiger partial charge < -0.3 is 4.74 Å². The number of amides is 2. The summed E-state index contributed by atoms with van der Waals surface area (Å²) in [5.74, 6) is -0.0900. The van der Waals surface area contributed by atoms with Gasteiger partial charge in [-0.3, -0.25) is 15.5 Å². The molecular formula is C15H23N3O3. The van der Waals surface area contributed by atoms with E-state index in [4.69, 9.17) is 4.74 Å². The fraction of sp³-hybridized carbons (Fsp3) is 0.467. The lowest BCUT2D eigenvalue weighted by Crippen LogP contribution is -2.37. The van der Waals surface area contributed by atoms with Crippen LogP contribution in [0, 0.1) is 0 Å². The summed E-state index contributed by atoms with van der Waals surface area (Å²) in [5.41, 5.74) is 3.63. The first-order chi connectivity index (χ1) is 9.65. The summed E-state index contributed by atoms with van der Waals surface area (Å²) >= 11 is 0. The molecule has 0 aromatic heterocycles. The van der Waals surface area contributed by atoms with E-state index in [2.05, 4.69) is 10.7 Å². The van der Waals surface area contributed by atoms with Gasteiger partial charge in [-0.15, -0.1) is 0 Å². The van der Waals surface area contributed by atoms with Crippen LogP contribution < -0.4 is 10.7 Å². The summed E-state index contributed by atoms with van der Waals surface area (Å²) in [5, 5.41) is 4.24. The summed E-state index contributed by atoms with van der Waals surface area (Å²) in [6.45, 7) is 5.41. The number of ether oxygens (including phenoxy) is 1. The summed E-state index contributed by atoms with van der Waals surface area (Å²) < 4.78 is 5.16. The molecule has 0 radical (unpaired) electrons. The largest absolute Gasteiger partial charge is 0.444 e. The molecule has 0 spiro atoms. The molecule has 0 saturated carbocycles. The van der Waals surface area contributed by atoms with Crippen molar-refractivity contribution >= 4 is 17.7 Å². The van der Waals surface area contributed by atoms with Crippen LogP contribution in [0.15, 0.2) is 24.3 Å². The van der Waals surface area contributed by atoms with Gasteiger partial charge in [-0.25, -0.2) is 9.80 Å². The van der Waals surface area contributed by atoms with E-state index in [1.54, 1.807) is 64.1 Å².